The molecular formula is C49H41N3. The molecule has 7 aromatic carbocycles. The Hall–Kier alpha value is -6.06. The Labute approximate surface area is 304 Å². The zero-order valence-electron chi connectivity index (χ0n) is 30.4. The van der Waals surface area contributed by atoms with Gasteiger partial charge in [-0.2, -0.15) is 0 Å². The first-order valence-electron chi connectivity index (χ1n) is 18.5. The highest BCUT2D eigenvalue weighted by molar-refractivity contribution is 6.14. The molecule has 3 heterocycles. The number of rotatable bonds is 4. The molecule has 52 heavy (non-hydrogen) atoms. The van der Waals surface area contributed by atoms with E-state index >= 15 is 0 Å². The standard InChI is InChI=1S/C49H41N3/c1-31(2)50-43-21-9-6-18-39(43)42-30-35(25-27-45(42)50)51-44-22-10-7-17-38(44)41-29-33(24-26-46(41)51)32-14-12-15-34(28-32)36-19-13-20-40-37-16-8-11-23-47(37)52(48(36)40)49(3,4)5/h6-31H,1-5H3. The Morgan fingerprint density at radius 1 is 0.423 bits per heavy atom. The van der Waals surface area contributed by atoms with Gasteiger partial charge in [-0.1, -0.05) is 97.1 Å². The SMILES string of the molecule is CC(C)n1c2ccccc2c2cc(-n3c4ccccc4c4cc(-c5cccc(-c6cccc7c8ccccc8n(C(C)(C)C)c67)c5)ccc43)ccc21. The Balaban J connectivity index is 1.15. The van der Waals surface area contributed by atoms with E-state index < -0.39 is 0 Å². The highest BCUT2D eigenvalue weighted by Gasteiger charge is 2.23. The first kappa shape index (κ1) is 30.7. The second kappa shape index (κ2) is 11.2. The van der Waals surface area contributed by atoms with Crippen molar-refractivity contribution in [2.24, 2.45) is 0 Å². The minimum absolute atomic E-state index is 0.0790. The van der Waals surface area contributed by atoms with Gasteiger partial charge in [-0.25, -0.2) is 0 Å². The molecule has 0 amide bonds. The van der Waals surface area contributed by atoms with Crippen LogP contribution in [0, 0.1) is 0 Å². The Kier molecular flexibility index (Phi) is 6.63. The van der Waals surface area contributed by atoms with Crippen molar-refractivity contribution in [3.05, 3.63) is 152 Å². The van der Waals surface area contributed by atoms with Crippen LogP contribution in [0.4, 0.5) is 0 Å². The van der Waals surface area contributed by atoms with E-state index in [1.165, 1.54) is 93.4 Å². The molecule has 0 aliphatic carbocycles. The average molecular weight is 672 g/mol. The molecule has 0 aliphatic heterocycles. The summed E-state index contributed by atoms with van der Waals surface area (Å²) >= 11 is 0. The van der Waals surface area contributed by atoms with Crippen LogP contribution in [0.3, 0.4) is 0 Å². The predicted molar refractivity (Wildman–Crippen MR) is 223 cm³/mol. The number of fused-ring (bicyclic) bond motifs is 9. The zero-order valence-corrected chi connectivity index (χ0v) is 30.4. The number of para-hydroxylation sites is 4. The van der Waals surface area contributed by atoms with Gasteiger partial charge in [-0.3, -0.25) is 0 Å². The first-order valence-corrected chi connectivity index (χ1v) is 18.5. The summed E-state index contributed by atoms with van der Waals surface area (Å²) in [7, 11) is 0. The lowest BCUT2D eigenvalue weighted by Gasteiger charge is -2.25. The lowest BCUT2D eigenvalue weighted by atomic mass is 9.96. The third kappa shape index (κ3) is 4.45. The molecule has 3 heteroatoms. The van der Waals surface area contributed by atoms with Gasteiger partial charge in [0, 0.05) is 71.7 Å². The molecule has 10 aromatic rings. The van der Waals surface area contributed by atoms with Gasteiger partial charge in [-0.05, 0) is 106 Å². The summed E-state index contributed by atoms with van der Waals surface area (Å²) in [6.45, 7) is 11.5. The van der Waals surface area contributed by atoms with Crippen molar-refractivity contribution in [3.8, 4) is 27.9 Å². The number of hydrogen-bond acceptors (Lipinski definition) is 0. The molecule has 0 unspecified atom stereocenters. The molecule has 0 atom stereocenters. The maximum Gasteiger partial charge on any atom is 0.0576 e. The number of benzene rings is 7. The summed E-state index contributed by atoms with van der Waals surface area (Å²) < 4.78 is 7.43. The summed E-state index contributed by atoms with van der Waals surface area (Å²) in [4.78, 5) is 0. The highest BCUT2D eigenvalue weighted by Crippen LogP contribution is 2.42. The predicted octanol–water partition coefficient (Wildman–Crippen LogP) is 13.7. The van der Waals surface area contributed by atoms with Crippen LogP contribution in [0.25, 0.3) is 93.4 Å². The van der Waals surface area contributed by atoms with Gasteiger partial charge in [-0.15, -0.1) is 0 Å². The van der Waals surface area contributed by atoms with Gasteiger partial charge in [0.15, 0.2) is 0 Å². The largest absolute Gasteiger partial charge is 0.338 e. The van der Waals surface area contributed by atoms with Crippen molar-refractivity contribution < 1.29 is 0 Å². The van der Waals surface area contributed by atoms with Crippen LogP contribution in [0.2, 0.25) is 0 Å². The van der Waals surface area contributed by atoms with Gasteiger partial charge in [0.1, 0.15) is 0 Å². The van der Waals surface area contributed by atoms with Gasteiger partial charge < -0.3 is 13.7 Å². The Bertz CT molecular complexity index is 3030. The van der Waals surface area contributed by atoms with Crippen molar-refractivity contribution >= 4 is 65.4 Å². The molecule has 0 bridgehead atoms. The van der Waals surface area contributed by atoms with E-state index in [1.807, 2.05) is 0 Å². The quantitative estimate of drug-likeness (QED) is 0.177. The molecule has 0 fully saturated rings. The summed E-state index contributed by atoms with van der Waals surface area (Å²) in [6, 6.07) is 56.7. The van der Waals surface area contributed by atoms with Gasteiger partial charge in [0.2, 0.25) is 0 Å². The molecule has 0 N–H and O–H groups in total. The lowest BCUT2D eigenvalue weighted by molar-refractivity contribution is 0.423. The van der Waals surface area contributed by atoms with Gasteiger partial charge in [0.05, 0.1) is 16.6 Å². The van der Waals surface area contributed by atoms with Crippen LogP contribution in [0.1, 0.15) is 40.7 Å². The van der Waals surface area contributed by atoms with Crippen LogP contribution < -0.4 is 0 Å². The van der Waals surface area contributed by atoms with Crippen LogP contribution in [0.15, 0.2) is 152 Å². The molecular weight excluding hydrogens is 631 g/mol. The van der Waals surface area contributed by atoms with Crippen LogP contribution in [-0.4, -0.2) is 13.7 Å². The molecule has 10 rings (SSSR count). The average Bonchev–Trinajstić information content (AvgIpc) is 3.80. The van der Waals surface area contributed by atoms with Crippen molar-refractivity contribution in [2.45, 2.75) is 46.2 Å². The lowest BCUT2D eigenvalue weighted by Crippen LogP contribution is -2.21. The fourth-order valence-corrected chi connectivity index (χ4v) is 8.93. The van der Waals surface area contributed by atoms with E-state index in [0.29, 0.717) is 6.04 Å². The summed E-state index contributed by atoms with van der Waals surface area (Å²) in [6.07, 6.45) is 0. The molecule has 0 saturated carbocycles. The Morgan fingerprint density at radius 3 is 1.71 bits per heavy atom. The fourth-order valence-electron chi connectivity index (χ4n) is 8.93. The van der Waals surface area contributed by atoms with Crippen molar-refractivity contribution in [1.29, 1.82) is 0 Å². The summed E-state index contributed by atoms with van der Waals surface area (Å²) in [5, 5.41) is 7.72. The molecule has 0 aliphatic rings. The van der Waals surface area contributed by atoms with E-state index in [9.17, 15) is 0 Å². The highest BCUT2D eigenvalue weighted by atomic mass is 15.1. The minimum atomic E-state index is -0.0790. The number of nitrogens with zero attached hydrogens (tertiary/aromatic N) is 3. The van der Waals surface area contributed by atoms with E-state index in [2.05, 4.69) is 200 Å². The zero-order chi connectivity index (χ0) is 35.3. The normalized spacial score (nSPS) is 12.5. The Morgan fingerprint density at radius 2 is 0.962 bits per heavy atom. The van der Waals surface area contributed by atoms with Crippen LogP contribution >= 0.6 is 0 Å². The monoisotopic (exact) mass is 671 g/mol. The third-order valence-corrected chi connectivity index (χ3v) is 11.0. The summed E-state index contributed by atoms with van der Waals surface area (Å²) in [5.74, 6) is 0. The van der Waals surface area contributed by atoms with Crippen LogP contribution in [-0.2, 0) is 5.54 Å². The fraction of sp³-hybridized carbons (Fsp3) is 0.143. The van der Waals surface area contributed by atoms with Gasteiger partial charge in [0.25, 0.3) is 0 Å². The maximum atomic E-state index is 2.53. The van der Waals surface area contributed by atoms with Gasteiger partial charge >= 0.3 is 0 Å². The second-order valence-electron chi connectivity index (χ2n) is 15.6. The molecule has 252 valence electrons. The van der Waals surface area contributed by atoms with Crippen molar-refractivity contribution in [3.63, 3.8) is 0 Å². The molecule has 0 spiro atoms. The van der Waals surface area contributed by atoms with E-state index in [1.54, 1.807) is 0 Å². The minimum Gasteiger partial charge on any atom is -0.338 e. The number of hydrogen-bond donors (Lipinski definition) is 0. The molecule has 3 aromatic heterocycles. The topological polar surface area (TPSA) is 14.8 Å². The summed E-state index contributed by atoms with van der Waals surface area (Å²) in [5.41, 5.74) is 13.6. The third-order valence-electron chi connectivity index (χ3n) is 11.0. The molecule has 0 radical (unpaired) electrons. The van der Waals surface area contributed by atoms with E-state index in [4.69, 9.17) is 0 Å². The molecule has 0 saturated heterocycles. The number of aromatic nitrogens is 3. The van der Waals surface area contributed by atoms with Crippen molar-refractivity contribution in [2.75, 3.05) is 0 Å². The second-order valence-corrected chi connectivity index (χ2v) is 15.6. The van der Waals surface area contributed by atoms with E-state index in [0.717, 1.165) is 0 Å². The van der Waals surface area contributed by atoms with E-state index in [-0.39, 0.29) is 5.54 Å². The first-order chi connectivity index (χ1) is 25.3. The van der Waals surface area contributed by atoms with Crippen molar-refractivity contribution in [1.82, 2.24) is 13.7 Å². The van der Waals surface area contributed by atoms with Crippen LogP contribution in [0.5, 0.6) is 0 Å². The smallest absolute Gasteiger partial charge is 0.0576 e. The maximum absolute atomic E-state index is 2.53. The molecule has 3 nitrogen and oxygen atoms in total.